The first-order valence-corrected chi connectivity index (χ1v) is 13.4. The second kappa shape index (κ2) is 12.1. The fourth-order valence-corrected chi connectivity index (χ4v) is 5.54. The first-order valence-electron chi connectivity index (χ1n) is 12.2. The topological polar surface area (TPSA) is 87.4 Å². The van der Waals surface area contributed by atoms with E-state index in [1.807, 2.05) is 61.5 Å². The number of pyridine rings is 1. The summed E-state index contributed by atoms with van der Waals surface area (Å²) in [4.78, 5) is 28.5. The quantitative estimate of drug-likeness (QED) is 0.296. The normalized spacial score (nSPS) is 14.2. The third kappa shape index (κ3) is 5.67. The zero-order chi connectivity index (χ0) is 27.2. The number of carbonyl (C=O) groups is 1. The molecule has 38 heavy (non-hydrogen) atoms. The van der Waals surface area contributed by atoms with Gasteiger partial charge in [-0.05, 0) is 55.2 Å². The monoisotopic (exact) mass is 544 g/mol. The molecule has 3 aromatic rings. The highest BCUT2D eigenvalue weighted by molar-refractivity contribution is 8.26. The first kappa shape index (κ1) is 27.2. The van der Waals surface area contributed by atoms with Crippen LogP contribution in [0.5, 0.6) is 5.75 Å². The van der Waals surface area contributed by atoms with Crippen LogP contribution >= 0.6 is 24.0 Å². The average molecular weight is 545 g/mol. The van der Waals surface area contributed by atoms with Crippen LogP contribution in [0.15, 0.2) is 64.3 Å². The van der Waals surface area contributed by atoms with E-state index in [1.165, 1.54) is 11.8 Å². The van der Waals surface area contributed by atoms with Crippen LogP contribution in [0.25, 0.3) is 6.08 Å². The highest BCUT2D eigenvalue weighted by Gasteiger charge is 2.33. The third-order valence-electron chi connectivity index (χ3n) is 6.39. The fourth-order valence-electron chi connectivity index (χ4n) is 4.31. The Morgan fingerprint density at radius 2 is 1.82 bits per heavy atom. The Morgan fingerprint density at radius 3 is 2.45 bits per heavy atom. The highest BCUT2D eigenvalue weighted by atomic mass is 32.2. The molecule has 0 unspecified atom stereocenters. The summed E-state index contributed by atoms with van der Waals surface area (Å²) < 4.78 is 7.23. The molecule has 0 spiro atoms. The van der Waals surface area contributed by atoms with Crippen LogP contribution < -0.4 is 15.6 Å². The van der Waals surface area contributed by atoms with Crippen molar-refractivity contribution in [1.29, 1.82) is 5.26 Å². The van der Waals surface area contributed by atoms with Crippen LogP contribution in [0.1, 0.15) is 34.7 Å². The van der Waals surface area contributed by atoms with Crippen molar-refractivity contribution in [2.24, 2.45) is 0 Å². The fraction of sp³-hybridized carbons (Fsp3) is 0.241. The zero-order valence-corrected chi connectivity index (χ0v) is 23.1. The van der Waals surface area contributed by atoms with Crippen LogP contribution in [0.2, 0.25) is 0 Å². The van der Waals surface area contributed by atoms with Gasteiger partial charge in [-0.15, -0.1) is 0 Å². The van der Waals surface area contributed by atoms with Crippen molar-refractivity contribution in [3.63, 3.8) is 0 Å². The van der Waals surface area contributed by atoms with Gasteiger partial charge in [-0.25, -0.2) is 0 Å². The molecule has 1 N–H and O–H groups in total. The average Bonchev–Trinajstić information content (AvgIpc) is 3.19. The molecule has 1 fully saturated rings. The molecule has 7 nitrogen and oxygen atoms in total. The summed E-state index contributed by atoms with van der Waals surface area (Å²) in [7, 11) is 1.61. The number of aromatic nitrogens is 1. The largest absolute Gasteiger partial charge is 0.497 e. The van der Waals surface area contributed by atoms with E-state index in [0.717, 1.165) is 23.3 Å². The van der Waals surface area contributed by atoms with Gasteiger partial charge in [0.15, 0.2) is 0 Å². The highest BCUT2D eigenvalue weighted by Crippen LogP contribution is 2.36. The molecule has 0 saturated carbocycles. The van der Waals surface area contributed by atoms with E-state index in [0.29, 0.717) is 45.8 Å². The zero-order valence-electron chi connectivity index (χ0n) is 21.5. The molecule has 9 heteroatoms. The molecule has 1 saturated heterocycles. The lowest BCUT2D eigenvalue weighted by atomic mass is 10.0. The maximum Gasteiger partial charge on any atom is 0.270 e. The van der Waals surface area contributed by atoms with Crippen molar-refractivity contribution in [1.82, 2.24) is 9.47 Å². The lowest BCUT2D eigenvalue weighted by Crippen LogP contribution is -2.28. The summed E-state index contributed by atoms with van der Waals surface area (Å²) in [6.45, 7) is 4.89. The Kier molecular flexibility index (Phi) is 8.66. The molecule has 1 amide bonds. The number of hydrogen-bond acceptors (Lipinski definition) is 7. The third-order valence-corrected chi connectivity index (χ3v) is 7.77. The summed E-state index contributed by atoms with van der Waals surface area (Å²) in [6, 6.07) is 19.6. The number of ether oxygens (including phenoxy) is 1. The number of rotatable bonds is 9. The number of thioether (sulfide) groups is 1. The van der Waals surface area contributed by atoms with Gasteiger partial charge in [-0.3, -0.25) is 19.1 Å². The van der Waals surface area contributed by atoms with Gasteiger partial charge < -0.3 is 10.1 Å². The number of nitrogens with zero attached hydrogens (tertiary/aromatic N) is 3. The van der Waals surface area contributed by atoms with Gasteiger partial charge in [-0.2, -0.15) is 5.26 Å². The predicted octanol–water partition coefficient (Wildman–Crippen LogP) is 5.11. The van der Waals surface area contributed by atoms with E-state index < -0.39 is 0 Å². The molecule has 2 aromatic carbocycles. The summed E-state index contributed by atoms with van der Waals surface area (Å²) in [5.41, 5.74) is 2.98. The van der Waals surface area contributed by atoms with Gasteiger partial charge in [0.25, 0.3) is 11.5 Å². The molecule has 2 heterocycles. The Hall–Kier alpha value is -3.87. The van der Waals surface area contributed by atoms with Gasteiger partial charge in [0, 0.05) is 18.7 Å². The molecule has 0 atom stereocenters. The number of nitrogens with one attached hydrogen (secondary N) is 1. The van der Waals surface area contributed by atoms with Gasteiger partial charge in [0.2, 0.25) is 0 Å². The number of anilines is 1. The number of amides is 1. The molecule has 4 rings (SSSR count). The lowest BCUT2D eigenvalue weighted by molar-refractivity contribution is -0.122. The van der Waals surface area contributed by atoms with Crippen molar-refractivity contribution in [2.75, 3.05) is 19.0 Å². The molecule has 1 aliphatic heterocycles. The second-order valence-corrected chi connectivity index (χ2v) is 10.4. The van der Waals surface area contributed by atoms with E-state index >= 15 is 0 Å². The van der Waals surface area contributed by atoms with Crippen LogP contribution in [-0.4, -0.2) is 33.3 Å². The van der Waals surface area contributed by atoms with Crippen LogP contribution in [0.4, 0.5) is 5.82 Å². The maximum atomic E-state index is 13.4. The van der Waals surface area contributed by atoms with E-state index in [1.54, 1.807) is 29.6 Å². The molecule has 0 aliphatic carbocycles. The predicted molar refractivity (Wildman–Crippen MR) is 156 cm³/mol. The number of hydrogen-bond donors (Lipinski definition) is 1. The van der Waals surface area contributed by atoms with Crippen molar-refractivity contribution < 1.29 is 9.53 Å². The SMILES string of the molecule is CCn1c(NCCc2ccccc2)c(/C=C2/SC(=S)N(Cc3ccc(OC)cc3)C2=O)c(C)c(C#N)c1=O. The molecule has 1 aliphatic rings. The van der Waals surface area contributed by atoms with Crippen molar-refractivity contribution in [3.8, 4) is 11.8 Å². The van der Waals surface area contributed by atoms with Gasteiger partial charge >= 0.3 is 0 Å². The van der Waals surface area contributed by atoms with Crippen LogP contribution in [0.3, 0.4) is 0 Å². The summed E-state index contributed by atoms with van der Waals surface area (Å²) in [5, 5.41) is 13.1. The van der Waals surface area contributed by atoms with Crippen LogP contribution in [0, 0.1) is 18.3 Å². The second-order valence-electron chi connectivity index (χ2n) is 8.70. The van der Waals surface area contributed by atoms with Gasteiger partial charge in [-0.1, -0.05) is 66.4 Å². The van der Waals surface area contributed by atoms with Crippen molar-refractivity contribution in [3.05, 3.63) is 97.7 Å². The smallest absolute Gasteiger partial charge is 0.270 e. The Morgan fingerprint density at radius 1 is 1.11 bits per heavy atom. The summed E-state index contributed by atoms with van der Waals surface area (Å²) in [6.07, 6.45) is 2.50. The van der Waals surface area contributed by atoms with E-state index in [9.17, 15) is 14.9 Å². The van der Waals surface area contributed by atoms with Crippen molar-refractivity contribution >= 4 is 46.1 Å². The van der Waals surface area contributed by atoms with Crippen molar-refractivity contribution in [2.45, 2.75) is 33.4 Å². The number of benzene rings is 2. The standard InChI is InChI=1S/C29H28N4O3S2/c1-4-32-26(31-15-14-20-8-6-5-7-9-20)23(19(2)24(17-30)27(32)34)16-25-28(35)33(29(37)38-25)18-21-10-12-22(36-3)13-11-21/h5-13,16,31H,4,14-15,18H2,1-3H3/b25-16+. The lowest BCUT2D eigenvalue weighted by Gasteiger charge is -2.19. The summed E-state index contributed by atoms with van der Waals surface area (Å²) >= 11 is 6.76. The Balaban J connectivity index is 1.68. The molecule has 1 aromatic heterocycles. The number of carbonyl (C=O) groups excluding carboxylic acids is 1. The molecular formula is C29H28N4O3S2. The Bertz CT molecular complexity index is 1490. The molecule has 0 bridgehead atoms. The number of nitriles is 1. The molecular weight excluding hydrogens is 516 g/mol. The molecule has 194 valence electrons. The maximum absolute atomic E-state index is 13.4. The Labute approximate surface area is 231 Å². The first-order chi connectivity index (χ1) is 18.4. The van der Waals surface area contributed by atoms with E-state index in [4.69, 9.17) is 17.0 Å². The van der Waals surface area contributed by atoms with Gasteiger partial charge in [0.05, 0.1) is 18.6 Å². The minimum Gasteiger partial charge on any atom is -0.497 e. The van der Waals surface area contributed by atoms with Crippen LogP contribution in [-0.2, 0) is 24.3 Å². The number of thiocarbonyl (C=S) groups is 1. The summed E-state index contributed by atoms with van der Waals surface area (Å²) in [5.74, 6) is 1.12. The number of methoxy groups -OCH3 is 1. The molecule has 0 radical (unpaired) electrons. The van der Waals surface area contributed by atoms with Gasteiger partial charge in [0.1, 0.15) is 27.5 Å². The van der Waals surface area contributed by atoms with E-state index in [-0.39, 0.29) is 17.0 Å². The minimum absolute atomic E-state index is 0.0698. The minimum atomic E-state index is -0.348. The van der Waals surface area contributed by atoms with E-state index in [2.05, 4.69) is 11.4 Å².